The zero-order valence-electron chi connectivity index (χ0n) is 15.5. The van der Waals surface area contributed by atoms with Crippen molar-refractivity contribution in [1.29, 1.82) is 0 Å². The maximum atomic E-state index is 12.5. The molecule has 2 aromatic heterocycles. The summed E-state index contributed by atoms with van der Waals surface area (Å²) in [6, 6.07) is 12.7. The summed E-state index contributed by atoms with van der Waals surface area (Å²) in [6.07, 6.45) is 0. The van der Waals surface area contributed by atoms with E-state index in [0.29, 0.717) is 11.3 Å². The zero-order valence-corrected chi connectivity index (χ0v) is 17.1. The Balaban J connectivity index is 1.54. The minimum absolute atomic E-state index is 0.125. The van der Waals surface area contributed by atoms with Gasteiger partial charge in [0, 0.05) is 21.6 Å². The Kier molecular flexibility index (Phi) is 6.89. The molecule has 2 heterocycles. The molecule has 146 valence electrons. The van der Waals surface area contributed by atoms with E-state index in [9.17, 15) is 9.59 Å². The maximum absolute atomic E-state index is 12.5. The summed E-state index contributed by atoms with van der Waals surface area (Å²) in [6.45, 7) is 3.40. The number of hydrogen-bond acceptors (Lipinski definition) is 7. The van der Waals surface area contributed by atoms with Crippen molar-refractivity contribution in [3.63, 3.8) is 0 Å². The molecule has 1 N–H and O–H groups in total. The van der Waals surface area contributed by atoms with Crippen LogP contribution in [0.1, 0.15) is 39.7 Å². The van der Waals surface area contributed by atoms with Gasteiger partial charge in [0.15, 0.2) is 6.61 Å². The van der Waals surface area contributed by atoms with Crippen LogP contribution in [-0.4, -0.2) is 23.6 Å². The zero-order chi connectivity index (χ0) is 19.9. The summed E-state index contributed by atoms with van der Waals surface area (Å²) >= 11 is 3.03. The molecule has 8 heteroatoms. The van der Waals surface area contributed by atoms with Crippen LogP contribution in [0, 0.1) is 6.92 Å². The number of esters is 1. The Labute approximate surface area is 171 Å². The molecule has 0 aliphatic rings. The highest BCUT2D eigenvalue weighted by molar-refractivity contribution is 7.98. The molecule has 6 nitrogen and oxygen atoms in total. The first-order valence-corrected chi connectivity index (χ1v) is 10.5. The van der Waals surface area contributed by atoms with Gasteiger partial charge in [-0.3, -0.25) is 4.79 Å². The van der Waals surface area contributed by atoms with Crippen molar-refractivity contribution in [2.75, 3.05) is 6.61 Å². The number of thioether (sulfide) groups is 1. The molecular weight excluding hydrogens is 396 g/mol. The minimum Gasteiger partial charge on any atom is -0.452 e. The Bertz CT molecular complexity index is 937. The number of aromatic nitrogens is 1. The summed E-state index contributed by atoms with van der Waals surface area (Å²) in [5.41, 5.74) is 1.22. The van der Waals surface area contributed by atoms with E-state index in [0.717, 1.165) is 21.2 Å². The highest BCUT2D eigenvalue weighted by atomic mass is 32.2. The molecule has 1 atom stereocenters. The number of carbonyl (C=O) groups excluding carboxylic acids is 2. The number of thiophene rings is 1. The monoisotopic (exact) mass is 416 g/mol. The van der Waals surface area contributed by atoms with Crippen molar-refractivity contribution in [2.24, 2.45) is 0 Å². The Morgan fingerprint density at radius 2 is 2.11 bits per heavy atom. The number of nitrogens with zero attached hydrogens (tertiary/aromatic N) is 1. The van der Waals surface area contributed by atoms with Crippen LogP contribution in [0.25, 0.3) is 0 Å². The molecule has 0 fully saturated rings. The number of aryl methyl sites for hydroxylation is 1. The molecule has 0 unspecified atom stereocenters. The smallest absolute Gasteiger partial charge is 0.339 e. The number of amides is 1. The lowest BCUT2D eigenvalue weighted by atomic mass is 10.2. The third-order valence-corrected chi connectivity index (χ3v) is 6.00. The molecule has 0 spiro atoms. The molecule has 0 saturated heterocycles. The number of nitrogens with one attached hydrogen (secondary N) is 1. The van der Waals surface area contributed by atoms with Crippen molar-refractivity contribution < 1.29 is 18.8 Å². The van der Waals surface area contributed by atoms with Crippen molar-refractivity contribution >= 4 is 35.0 Å². The lowest BCUT2D eigenvalue weighted by Gasteiger charge is -2.13. The number of hydrogen-bond donors (Lipinski definition) is 1. The number of rotatable bonds is 8. The second-order valence-corrected chi connectivity index (χ2v) is 8.09. The fraction of sp³-hybridized carbons (Fsp3) is 0.250. The average molecular weight is 417 g/mol. The molecule has 0 radical (unpaired) electrons. The molecule has 0 aliphatic carbocycles. The topological polar surface area (TPSA) is 81.4 Å². The van der Waals surface area contributed by atoms with E-state index in [2.05, 4.69) is 10.5 Å². The van der Waals surface area contributed by atoms with E-state index >= 15 is 0 Å². The van der Waals surface area contributed by atoms with E-state index < -0.39 is 5.97 Å². The summed E-state index contributed by atoms with van der Waals surface area (Å²) in [7, 11) is 0. The summed E-state index contributed by atoms with van der Waals surface area (Å²) in [4.78, 5) is 26.3. The number of benzene rings is 1. The van der Waals surface area contributed by atoms with Gasteiger partial charge in [0.1, 0.15) is 5.76 Å². The maximum Gasteiger partial charge on any atom is 0.339 e. The molecule has 3 rings (SSSR count). The van der Waals surface area contributed by atoms with E-state index in [-0.39, 0.29) is 18.6 Å². The average Bonchev–Trinajstić information content (AvgIpc) is 3.36. The molecule has 0 saturated carbocycles. The molecule has 0 aliphatic heterocycles. The molecule has 1 amide bonds. The van der Waals surface area contributed by atoms with E-state index in [1.54, 1.807) is 23.5 Å². The van der Waals surface area contributed by atoms with Crippen molar-refractivity contribution in [1.82, 2.24) is 10.5 Å². The predicted octanol–water partition coefficient (Wildman–Crippen LogP) is 4.37. The van der Waals surface area contributed by atoms with Crippen molar-refractivity contribution in [3.8, 4) is 0 Å². The van der Waals surface area contributed by atoms with Gasteiger partial charge < -0.3 is 14.6 Å². The second-order valence-electron chi connectivity index (χ2n) is 6.09. The lowest BCUT2D eigenvalue weighted by molar-refractivity contribution is -0.124. The van der Waals surface area contributed by atoms with Gasteiger partial charge in [-0.25, -0.2) is 4.79 Å². The van der Waals surface area contributed by atoms with Crippen LogP contribution >= 0.6 is 23.1 Å². The van der Waals surface area contributed by atoms with Crippen LogP contribution in [0.4, 0.5) is 0 Å². The third-order valence-electron chi connectivity index (χ3n) is 3.84. The molecule has 1 aromatic carbocycles. The summed E-state index contributed by atoms with van der Waals surface area (Å²) < 4.78 is 10.3. The van der Waals surface area contributed by atoms with Gasteiger partial charge in [-0.2, -0.15) is 0 Å². The predicted molar refractivity (Wildman–Crippen MR) is 108 cm³/mol. The first kappa shape index (κ1) is 20.2. The first-order valence-electron chi connectivity index (χ1n) is 8.67. The number of carbonyl (C=O) groups is 2. The number of ether oxygens (including phenoxy) is 1. The van der Waals surface area contributed by atoms with Crippen LogP contribution in [0.5, 0.6) is 0 Å². The van der Waals surface area contributed by atoms with Gasteiger partial charge in [-0.05, 0) is 37.4 Å². The fourth-order valence-electron chi connectivity index (χ4n) is 2.50. The van der Waals surface area contributed by atoms with Crippen LogP contribution in [0.15, 0.2) is 57.3 Å². The quantitative estimate of drug-likeness (QED) is 0.434. The van der Waals surface area contributed by atoms with E-state index in [1.165, 1.54) is 11.8 Å². The Morgan fingerprint density at radius 3 is 2.82 bits per heavy atom. The largest absolute Gasteiger partial charge is 0.452 e. The minimum atomic E-state index is -0.529. The van der Waals surface area contributed by atoms with Gasteiger partial charge in [-0.1, -0.05) is 23.4 Å². The first-order chi connectivity index (χ1) is 13.5. The Hall–Kier alpha value is -2.58. The lowest BCUT2D eigenvalue weighted by Crippen LogP contribution is -2.30. The summed E-state index contributed by atoms with van der Waals surface area (Å²) in [5, 5.41) is 8.72. The molecule has 0 bridgehead atoms. The third kappa shape index (κ3) is 5.46. The molecule has 3 aromatic rings. The van der Waals surface area contributed by atoms with Crippen molar-refractivity contribution in [2.45, 2.75) is 30.5 Å². The van der Waals surface area contributed by atoms with Crippen LogP contribution in [-0.2, 0) is 15.3 Å². The Morgan fingerprint density at radius 1 is 1.29 bits per heavy atom. The van der Waals surface area contributed by atoms with Crippen LogP contribution in [0.2, 0.25) is 0 Å². The highest BCUT2D eigenvalue weighted by Crippen LogP contribution is 2.26. The van der Waals surface area contributed by atoms with Gasteiger partial charge in [0.25, 0.3) is 5.91 Å². The normalized spacial score (nSPS) is 11.8. The van der Waals surface area contributed by atoms with Gasteiger partial charge in [0.2, 0.25) is 0 Å². The molecule has 28 heavy (non-hydrogen) atoms. The van der Waals surface area contributed by atoms with Crippen LogP contribution < -0.4 is 5.32 Å². The van der Waals surface area contributed by atoms with Gasteiger partial charge in [-0.15, -0.1) is 23.1 Å². The second kappa shape index (κ2) is 9.57. The van der Waals surface area contributed by atoms with Gasteiger partial charge in [0.05, 0.1) is 17.3 Å². The summed E-state index contributed by atoms with van der Waals surface area (Å²) in [5.74, 6) is 0.447. The highest BCUT2D eigenvalue weighted by Gasteiger charge is 2.16. The molecular formula is C20H20N2O4S2. The fourth-order valence-corrected chi connectivity index (χ4v) is 4.16. The van der Waals surface area contributed by atoms with Crippen LogP contribution in [0.3, 0.4) is 0 Å². The van der Waals surface area contributed by atoms with Gasteiger partial charge >= 0.3 is 5.97 Å². The standard InChI is InChI=1S/C20H20N2O4S2/c1-13-10-15(22-26-13)12-28-18-7-4-3-6-16(18)20(24)25-11-19(23)21-14(2)17-8-5-9-27-17/h3-10,14H,11-12H2,1-2H3,(H,21,23)/t14-/m0/s1. The van der Waals surface area contributed by atoms with E-state index in [1.807, 2.05) is 49.6 Å². The SMILES string of the molecule is Cc1cc(CSc2ccccc2C(=O)OCC(=O)N[C@@H](C)c2cccs2)no1. The van der Waals surface area contributed by atoms with Crippen molar-refractivity contribution in [3.05, 3.63) is 69.7 Å². The van der Waals surface area contributed by atoms with E-state index in [4.69, 9.17) is 9.26 Å².